The molecular weight excluding hydrogens is 252 g/mol. The van der Waals surface area contributed by atoms with Crippen LogP contribution in [0.25, 0.3) is 0 Å². The quantitative estimate of drug-likeness (QED) is 0.922. The Kier molecular flexibility index (Phi) is 3.46. The number of hydrogen-bond donors (Lipinski definition) is 1. The van der Waals surface area contributed by atoms with Gasteiger partial charge < -0.3 is 10.0 Å². The van der Waals surface area contributed by atoms with Gasteiger partial charge in [0.1, 0.15) is 0 Å². The Balaban J connectivity index is 2.37. The van der Waals surface area contributed by atoms with Crippen molar-refractivity contribution in [3.8, 4) is 0 Å². The molecule has 0 atom stereocenters. The molecule has 0 aliphatic rings. The first kappa shape index (κ1) is 13.0. The van der Waals surface area contributed by atoms with Crippen LogP contribution in [0.15, 0.2) is 42.5 Å². The Labute approximate surface area is 108 Å². The van der Waals surface area contributed by atoms with Crippen molar-refractivity contribution >= 4 is 17.3 Å². The summed E-state index contributed by atoms with van der Waals surface area (Å²) in [5.74, 6) is -2.91. The summed E-state index contributed by atoms with van der Waals surface area (Å²) in [6.45, 7) is 0. The standard InChI is InChI=1S/C14H11F2NO2/c1-17(11-5-6-12(15)13(16)8-11)10-4-2-3-9(7-10)14(18)19/h2-8H,1H3,(H,18,19). The van der Waals surface area contributed by atoms with Gasteiger partial charge in [-0.2, -0.15) is 0 Å². The van der Waals surface area contributed by atoms with E-state index in [-0.39, 0.29) is 5.56 Å². The van der Waals surface area contributed by atoms with Crippen LogP contribution in [0.3, 0.4) is 0 Å². The maximum atomic E-state index is 13.2. The molecule has 2 aromatic carbocycles. The van der Waals surface area contributed by atoms with E-state index in [1.807, 2.05) is 0 Å². The van der Waals surface area contributed by atoms with Crippen molar-refractivity contribution in [2.75, 3.05) is 11.9 Å². The molecule has 0 aliphatic carbocycles. The molecule has 0 saturated carbocycles. The predicted octanol–water partition coefficient (Wildman–Crippen LogP) is 3.43. The molecule has 0 fully saturated rings. The molecule has 0 bridgehead atoms. The molecule has 5 heteroatoms. The van der Waals surface area contributed by atoms with E-state index in [0.717, 1.165) is 12.1 Å². The smallest absolute Gasteiger partial charge is 0.335 e. The molecule has 98 valence electrons. The number of aromatic carboxylic acids is 1. The van der Waals surface area contributed by atoms with E-state index in [0.29, 0.717) is 11.4 Å². The fraction of sp³-hybridized carbons (Fsp3) is 0.0714. The average Bonchev–Trinajstić information content (AvgIpc) is 2.41. The molecule has 2 aromatic rings. The molecule has 1 N–H and O–H groups in total. The second-order valence-corrected chi connectivity index (χ2v) is 4.01. The highest BCUT2D eigenvalue weighted by Gasteiger charge is 2.10. The number of halogens is 2. The van der Waals surface area contributed by atoms with Crippen molar-refractivity contribution in [1.82, 2.24) is 0 Å². The number of nitrogens with zero attached hydrogens (tertiary/aromatic N) is 1. The zero-order valence-corrected chi connectivity index (χ0v) is 10.1. The highest BCUT2D eigenvalue weighted by atomic mass is 19.2. The first-order valence-corrected chi connectivity index (χ1v) is 5.51. The van der Waals surface area contributed by atoms with Crippen molar-refractivity contribution in [3.63, 3.8) is 0 Å². The molecule has 0 aromatic heterocycles. The van der Waals surface area contributed by atoms with Gasteiger partial charge in [0.25, 0.3) is 0 Å². The number of carbonyl (C=O) groups is 1. The maximum Gasteiger partial charge on any atom is 0.335 e. The summed E-state index contributed by atoms with van der Waals surface area (Å²) in [4.78, 5) is 12.5. The van der Waals surface area contributed by atoms with Crippen LogP contribution in [0.5, 0.6) is 0 Å². The third-order valence-electron chi connectivity index (χ3n) is 2.77. The summed E-state index contributed by atoms with van der Waals surface area (Å²) in [6, 6.07) is 9.72. The number of hydrogen-bond acceptors (Lipinski definition) is 2. The molecule has 0 spiro atoms. The lowest BCUT2D eigenvalue weighted by atomic mass is 10.2. The van der Waals surface area contributed by atoms with Crippen LogP contribution in [-0.4, -0.2) is 18.1 Å². The van der Waals surface area contributed by atoms with Gasteiger partial charge in [0.2, 0.25) is 0 Å². The van der Waals surface area contributed by atoms with E-state index in [1.165, 1.54) is 18.2 Å². The van der Waals surface area contributed by atoms with Crippen LogP contribution in [0, 0.1) is 11.6 Å². The lowest BCUT2D eigenvalue weighted by Crippen LogP contribution is -2.11. The Morgan fingerprint density at radius 3 is 2.37 bits per heavy atom. The number of carboxylic acid groups (broad SMARTS) is 1. The lowest BCUT2D eigenvalue weighted by molar-refractivity contribution is 0.0697. The van der Waals surface area contributed by atoms with Gasteiger partial charge in [0.05, 0.1) is 5.56 Å². The van der Waals surface area contributed by atoms with E-state index >= 15 is 0 Å². The number of rotatable bonds is 3. The summed E-state index contributed by atoms with van der Waals surface area (Å²) >= 11 is 0. The molecule has 0 aliphatic heterocycles. The average molecular weight is 263 g/mol. The maximum absolute atomic E-state index is 13.2. The summed E-state index contributed by atoms with van der Waals surface area (Å²) in [5, 5.41) is 8.91. The van der Waals surface area contributed by atoms with Gasteiger partial charge in [-0.1, -0.05) is 6.07 Å². The lowest BCUT2D eigenvalue weighted by Gasteiger charge is -2.20. The van der Waals surface area contributed by atoms with Gasteiger partial charge in [-0.3, -0.25) is 0 Å². The van der Waals surface area contributed by atoms with E-state index in [1.54, 1.807) is 24.1 Å². The van der Waals surface area contributed by atoms with E-state index in [9.17, 15) is 13.6 Å². The van der Waals surface area contributed by atoms with Crippen LogP contribution in [0.2, 0.25) is 0 Å². The van der Waals surface area contributed by atoms with Gasteiger partial charge in [-0.15, -0.1) is 0 Å². The first-order chi connectivity index (χ1) is 8.99. The van der Waals surface area contributed by atoms with Crippen molar-refractivity contribution in [1.29, 1.82) is 0 Å². The van der Waals surface area contributed by atoms with Crippen LogP contribution in [0.1, 0.15) is 10.4 Å². The highest BCUT2D eigenvalue weighted by Crippen LogP contribution is 2.25. The van der Waals surface area contributed by atoms with Crippen molar-refractivity contribution < 1.29 is 18.7 Å². The van der Waals surface area contributed by atoms with E-state index in [4.69, 9.17) is 5.11 Å². The van der Waals surface area contributed by atoms with Crippen molar-refractivity contribution in [2.45, 2.75) is 0 Å². The van der Waals surface area contributed by atoms with Gasteiger partial charge in [-0.25, -0.2) is 13.6 Å². The fourth-order valence-corrected chi connectivity index (χ4v) is 1.69. The third-order valence-corrected chi connectivity index (χ3v) is 2.77. The topological polar surface area (TPSA) is 40.5 Å². The normalized spacial score (nSPS) is 10.3. The largest absolute Gasteiger partial charge is 0.478 e. The summed E-state index contributed by atoms with van der Waals surface area (Å²) in [5.41, 5.74) is 1.14. The van der Waals surface area contributed by atoms with Crippen LogP contribution < -0.4 is 4.90 Å². The van der Waals surface area contributed by atoms with Crippen molar-refractivity contribution in [2.24, 2.45) is 0 Å². The molecule has 0 heterocycles. The first-order valence-electron chi connectivity index (χ1n) is 5.51. The molecule has 0 amide bonds. The minimum Gasteiger partial charge on any atom is -0.478 e. The second kappa shape index (κ2) is 5.06. The van der Waals surface area contributed by atoms with Gasteiger partial charge >= 0.3 is 5.97 Å². The van der Waals surface area contributed by atoms with Gasteiger partial charge in [-0.05, 0) is 30.3 Å². The number of anilines is 2. The van der Waals surface area contributed by atoms with Crippen molar-refractivity contribution in [3.05, 3.63) is 59.7 Å². The SMILES string of the molecule is CN(c1cccc(C(=O)O)c1)c1ccc(F)c(F)c1. The Morgan fingerprint density at radius 1 is 1.05 bits per heavy atom. The molecule has 0 unspecified atom stereocenters. The Bertz CT molecular complexity index is 629. The van der Waals surface area contributed by atoms with E-state index in [2.05, 4.69) is 0 Å². The molecule has 2 rings (SSSR count). The van der Waals surface area contributed by atoms with Crippen LogP contribution >= 0.6 is 0 Å². The minimum atomic E-state index is -1.04. The number of carboxylic acids is 1. The molecule has 19 heavy (non-hydrogen) atoms. The van der Waals surface area contributed by atoms with Gasteiger partial charge in [0.15, 0.2) is 11.6 Å². The van der Waals surface area contributed by atoms with Crippen LogP contribution in [-0.2, 0) is 0 Å². The Morgan fingerprint density at radius 2 is 1.74 bits per heavy atom. The zero-order chi connectivity index (χ0) is 14.0. The summed E-state index contributed by atoms with van der Waals surface area (Å²) in [6.07, 6.45) is 0. The number of benzene rings is 2. The van der Waals surface area contributed by atoms with Gasteiger partial charge in [0, 0.05) is 24.5 Å². The summed E-state index contributed by atoms with van der Waals surface area (Å²) < 4.78 is 26.0. The van der Waals surface area contributed by atoms with E-state index < -0.39 is 17.6 Å². The minimum absolute atomic E-state index is 0.131. The molecule has 3 nitrogen and oxygen atoms in total. The third kappa shape index (κ3) is 2.70. The molecule has 0 saturated heterocycles. The zero-order valence-electron chi connectivity index (χ0n) is 10.1. The highest BCUT2D eigenvalue weighted by molar-refractivity contribution is 5.89. The second-order valence-electron chi connectivity index (χ2n) is 4.01. The fourth-order valence-electron chi connectivity index (χ4n) is 1.69. The van der Waals surface area contributed by atoms with Crippen LogP contribution in [0.4, 0.5) is 20.2 Å². The predicted molar refractivity (Wildman–Crippen MR) is 67.8 cm³/mol. The molecular formula is C14H11F2NO2. The monoisotopic (exact) mass is 263 g/mol. The molecule has 0 radical (unpaired) electrons. The Hall–Kier alpha value is -2.43. The summed E-state index contributed by atoms with van der Waals surface area (Å²) in [7, 11) is 1.65.